The van der Waals surface area contributed by atoms with E-state index in [-0.39, 0.29) is 30.6 Å². The molecule has 0 fully saturated rings. The molecule has 1 atom stereocenters. The molecule has 0 saturated carbocycles. The molecular formula is C28H29F3N2O4. The molecule has 37 heavy (non-hydrogen) atoms. The van der Waals surface area contributed by atoms with Gasteiger partial charge < -0.3 is 15.2 Å². The predicted molar refractivity (Wildman–Crippen MR) is 135 cm³/mol. The fraction of sp³-hybridized carbons (Fsp3) is 0.321. The quantitative estimate of drug-likeness (QED) is 0.261. The Balaban J connectivity index is 1.55. The number of halogens is 3. The lowest BCUT2D eigenvalue weighted by molar-refractivity contribution is -0.138. The number of aromatic nitrogens is 1. The van der Waals surface area contributed by atoms with E-state index >= 15 is 0 Å². The van der Waals surface area contributed by atoms with E-state index in [1.807, 2.05) is 13.8 Å². The average Bonchev–Trinajstić information content (AvgIpc) is 2.86. The number of hydrogen-bond acceptors (Lipinski definition) is 5. The van der Waals surface area contributed by atoms with Crippen LogP contribution >= 0.6 is 0 Å². The number of ketones is 1. The summed E-state index contributed by atoms with van der Waals surface area (Å²) in [5.74, 6) is -0.258. The van der Waals surface area contributed by atoms with E-state index in [1.54, 1.807) is 36.4 Å². The summed E-state index contributed by atoms with van der Waals surface area (Å²) in [6, 6.07) is 15.3. The van der Waals surface area contributed by atoms with Crippen molar-refractivity contribution in [3.05, 3.63) is 78.0 Å². The van der Waals surface area contributed by atoms with Gasteiger partial charge in [0, 0.05) is 29.7 Å². The van der Waals surface area contributed by atoms with Crippen molar-refractivity contribution < 1.29 is 32.6 Å². The molecule has 3 aromatic rings. The van der Waals surface area contributed by atoms with Gasteiger partial charge in [0.25, 0.3) is 0 Å². The zero-order valence-electron chi connectivity index (χ0n) is 20.6. The number of benzene rings is 2. The third-order valence-electron chi connectivity index (χ3n) is 5.83. The first kappa shape index (κ1) is 27.7. The molecule has 0 aliphatic rings. The number of carboxylic acids is 1. The Bertz CT molecular complexity index is 1180. The van der Waals surface area contributed by atoms with Crippen LogP contribution in [0.15, 0.2) is 66.9 Å². The number of pyridine rings is 1. The Morgan fingerprint density at radius 3 is 2.19 bits per heavy atom. The smallest absolute Gasteiger partial charge is 0.416 e. The summed E-state index contributed by atoms with van der Waals surface area (Å²) in [7, 11) is 0. The number of hydrogen-bond donors (Lipinski definition) is 2. The molecule has 2 aromatic carbocycles. The maximum atomic E-state index is 12.8. The highest BCUT2D eigenvalue weighted by atomic mass is 19.4. The molecule has 0 radical (unpaired) electrons. The van der Waals surface area contributed by atoms with Gasteiger partial charge in [-0.05, 0) is 60.9 Å². The molecular weight excluding hydrogens is 485 g/mol. The number of nitrogens with one attached hydrogen (secondary N) is 1. The molecule has 0 aliphatic heterocycles. The number of Topliss-reactive ketones (excluding diaryl/α,β-unsaturated/α-hetero) is 1. The third-order valence-corrected chi connectivity index (χ3v) is 5.83. The van der Waals surface area contributed by atoms with E-state index in [2.05, 4.69) is 10.3 Å². The Morgan fingerprint density at radius 1 is 0.973 bits per heavy atom. The van der Waals surface area contributed by atoms with Crippen molar-refractivity contribution in [3.63, 3.8) is 0 Å². The number of aliphatic carboxylic acids is 1. The van der Waals surface area contributed by atoms with Gasteiger partial charge in [-0.25, -0.2) is 0 Å². The van der Waals surface area contributed by atoms with Crippen molar-refractivity contribution in [2.45, 2.75) is 45.3 Å². The molecule has 2 N–H and O–H groups in total. The molecule has 196 valence electrons. The summed E-state index contributed by atoms with van der Waals surface area (Å²) < 4.78 is 44.2. The highest BCUT2D eigenvalue weighted by Gasteiger charge is 2.30. The maximum absolute atomic E-state index is 12.8. The molecule has 0 aliphatic carbocycles. The molecule has 6 nitrogen and oxygen atoms in total. The number of carbonyl (C=O) groups excluding carboxylic acids is 1. The summed E-state index contributed by atoms with van der Waals surface area (Å²) >= 11 is 0. The Labute approximate surface area is 213 Å². The van der Waals surface area contributed by atoms with Gasteiger partial charge in [0.15, 0.2) is 5.78 Å². The van der Waals surface area contributed by atoms with E-state index in [1.165, 1.54) is 18.3 Å². The Hall–Kier alpha value is -3.88. The van der Waals surface area contributed by atoms with Crippen LogP contribution < -0.4 is 10.1 Å². The summed E-state index contributed by atoms with van der Waals surface area (Å²) in [5.41, 5.74) is 1.76. The molecule has 1 aromatic heterocycles. The first-order valence-electron chi connectivity index (χ1n) is 11.9. The van der Waals surface area contributed by atoms with E-state index in [0.29, 0.717) is 35.6 Å². The first-order chi connectivity index (χ1) is 17.5. The highest BCUT2D eigenvalue weighted by Crippen LogP contribution is 2.31. The van der Waals surface area contributed by atoms with Crippen molar-refractivity contribution in [1.29, 1.82) is 0 Å². The summed E-state index contributed by atoms with van der Waals surface area (Å²) in [5, 5.41) is 12.1. The number of rotatable bonds is 12. The number of alkyl halides is 3. The van der Waals surface area contributed by atoms with Gasteiger partial charge in [0.1, 0.15) is 12.4 Å². The van der Waals surface area contributed by atoms with Crippen molar-refractivity contribution in [3.8, 4) is 17.0 Å². The van der Waals surface area contributed by atoms with Gasteiger partial charge in [-0.15, -0.1) is 0 Å². The van der Waals surface area contributed by atoms with E-state index in [4.69, 9.17) is 9.84 Å². The molecule has 0 spiro atoms. The van der Waals surface area contributed by atoms with Crippen molar-refractivity contribution >= 4 is 17.4 Å². The number of ether oxygens (including phenoxy) is 1. The van der Waals surface area contributed by atoms with Gasteiger partial charge in [-0.1, -0.05) is 26.0 Å². The minimum atomic E-state index is -4.38. The summed E-state index contributed by atoms with van der Waals surface area (Å²) in [4.78, 5) is 27.1. The molecule has 0 unspecified atom stereocenters. The van der Waals surface area contributed by atoms with Gasteiger partial charge in [-0.2, -0.15) is 13.2 Å². The summed E-state index contributed by atoms with van der Waals surface area (Å²) in [6.45, 7) is 4.44. The van der Waals surface area contributed by atoms with Crippen LogP contribution in [0.4, 0.5) is 18.9 Å². The van der Waals surface area contributed by atoms with Crippen molar-refractivity contribution in [2.24, 2.45) is 5.92 Å². The lowest BCUT2D eigenvalue weighted by Gasteiger charge is -2.24. The molecule has 3 rings (SSSR count). The average molecular weight is 515 g/mol. The first-order valence-corrected chi connectivity index (χ1v) is 11.9. The fourth-order valence-corrected chi connectivity index (χ4v) is 3.56. The Morgan fingerprint density at radius 2 is 1.65 bits per heavy atom. The normalized spacial score (nSPS) is 12.3. The van der Waals surface area contributed by atoms with Gasteiger partial charge in [-0.3, -0.25) is 14.6 Å². The molecule has 0 amide bonds. The second-order valence-electron chi connectivity index (χ2n) is 9.01. The largest absolute Gasteiger partial charge is 0.490 e. The standard InChI is InChI=1S/C28H29F3N2O4/c1-18(2)25(33-22-12-8-20(9-13-22)26(34)4-3-5-27(35)36)17-37-23-14-15-24(32-16-23)19-6-10-21(11-7-19)28(29,30)31/h6-16,18,25,33H,3-5,17H2,1-2H3,(H,35,36)/t25-/m1/s1. The number of anilines is 1. The van der Waals surface area contributed by atoms with Crippen LogP contribution in [-0.4, -0.2) is 34.5 Å². The monoisotopic (exact) mass is 514 g/mol. The summed E-state index contributed by atoms with van der Waals surface area (Å²) in [6.07, 6.45) is -2.38. The van der Waals surface area contributed by atoms with Gasteiger partial charge in [0.2, 0.25) is 0 Å². The Kier molecular flexibility index (Phi) is 9.27. The number of carbonyl (C=O) groups is 2. The molecule has 0 bridgehead atoms. The zero-order valence-corrected chi connectivity index (χ0v) is 20.6. The predicted octanol–water partition coefficient (Wildman–Crippen LogP) is 6.72. The van der Waals surface area contributed by atoms with Crippen LogP contribution in [0.3, 0.4) is 0 Å². The minimum Gasteiger partial charge on any atom is -0.490 e. The molecule has 9 heteroatoms. The van der Waals surface area contributed by atoms with Crippen LogP contribution in [0.2, 0.25) is 0 Å². The number of nitrogens with zero attached hydrogens (tertiary/aromatic N) is 1. The fourth-order valence-electron chi connectivity index (χ4n) is 3.56. The van der Waals surface area contributed by atoms with Crippen molar-refractivity contribution in [1.82, 2.24) is 4.98 Å². The van der Waals surface area contributed by atoms with Gasteiger partial charge in [0.05, 0.1) is 23.5 Å². The molecule has 0 saturated heterocycles. The second-order valence-corrected chi connectivity index (χ2v) is 9.01. The minimum absolute atomic E-state index is 0.0330. The number of carboxylic acid groups (broad SMARTS) is 1. The van der Waals surface area contributed by atoms with Crippen LogP contribution in [0.5, 0.6) is 5.75 Å². The SMILES string of the molecule is CC(C)[C@@H](COc1ccc(-c2ccc(C(F)(F)F)cc2)nc1)Nc1ccc(C(=O)CCCC(=O)O)cc1. The molecule has 1 heterocycles. The van der Waals surface area contributed by atoms with Crippen LogP contribution in [0.25, 0.3) is 11.3 Å². The van der Waals surface area contributed by atoms with Crippen LogP contribution in [-0.2, 0) is 11.0 Å². The second kappa shape index (κ2) is 12.4. The van der Waals surface area contributed by atoms with E-state index < -0.39 is 17.7 Å². The van der Waals surface area contributed by atoms with Crippen molar-refractivity contribution in [2.75, 3.05) is 11.9 Å². The maximum Gasteiger partial charge on any atom is 0.416 e. The lowest BCUT2D eigenvalue weighted by Crippen LogP contribution is -2.32. The lowest BCUT2D eigenvalue weighted by atomic mass is 10.0. The van der Waals surface area contributed by atoms with Crippen LogP contribution in [0, 0.1) is 5.92 Å². The zero-order chi connectivity index (χ0) is 27.0. The van der Waals surface area contributed by atoms with E-state index in [9.17, 15) is 22.8 Å². The van der Waals surface area contributed by atoms with E-state index in [0.717, 1.165) is 17.8 Å². The third kappa shape index (κ3) is 8.34. The highest BCUT2D eigenvalue weighted by molar-refractivity contribution is 5.96. The van der Waals surface area contributed by atoms with Crippen LogP contribution in [0.1, 0.15) is 49.0 Å². The topological polar surface area (TPSA) is 88.5 Å². The van der Waals surface area contributed by atoms with Gasteiger partial charge >= 0.3 is 12.1 Å².